The molecule has 0 aliphatic rings. The maximum atomic E-state index is 11.7. The minimum atomic E-state index is 0.243. The topological polar surface area (TPSA) is 46.9 Å². The highest BCUT2D eigenvalue weighted by molar-refractivity contribution is 5.80. The van der Waals surface area contributed by atoms with E-state index in [-0.39, 0.29) is 5.78 Å². The van der Waals surface area contributed by atoms with Crippen molar-refractivity contribution in [2.75, 3.05) is 6.54 Å². The molecular weight excluding hydrogens is 214 g/mol. The number of aromatic nitrogens is 2. The van der Waals surface area contributed by atoms with Crippen LogP contribution >= 0.6 is 0 Å². The fraction of sp³-hybridized carbons (Fsp3) is 0.692. The molecule has 1 rings (SSSR count). The van der Waals surface area contributed by atoms with Gasteiger partial charge in [-0.3, -0.25) is 9.48 Å². The fourth-order valence-electron chi connectivity index (χ4n) is 1.55. The average Bonchev–Trinajstić information content (AvgIpc) is 2.65. The van der Waals surface area contributed by atoms with Gasteiger partial charge in [-0.15, -0.1) is 0 Å². The molecule has 0 saturated heterocycles. The lowest BCUT2D eigenvalue weighted by Gasteiger charge is -2.06. The molecule has 0 bridgehead atoms. The van der Waals surface area contributed by atoms with Crippen LogP contribution in [-0.2, 0) is 11.2 Å². The summed E-state index contributed by atoms with van der Waals surface area (Å²) in [6.07, 6.45) is 2.95. The van der Waals surface area contributed by atoms with Crippen molar-refractivity contribution in [2.45, 2.75) is 52.6 Å². The summed E-state index contributed by atoms with van der Waals surface area (Å²) in [6, 6.07) is 2.71. The van der Waals surface area contributed by atoms with Gasteiger partial charge >= 0.3 is 0 Å². The fourth-order valence-corrected chi connectivity index (χ4v) is 1.55. The van der Waals surface area contributed by atoms with E-state index in [1.54, 1.807) is 0 Å². The summed E-state index contributed by atoms with van der Waals surface area (Å²) in [5.41, 5.74) is 0.869. The molecule has 0 saturated carbocycles. The van der Waals surface area contributed by atoms with Gasteiger partial charge in [0, 0.05) is 31.2 Å². The zero-order chi connectivity index (χ0) is 12.8. The number of ketones is 1. The van der Waals surface area contributed by atoms with Gasteiger partial charge in [0.05, 0.1) is 12.1 Å². The van der Waals surface area contributed by atoms with Gasteiger partial charge in [0.25, 0.3) is 0 Å². The highest BCUT2D eigenvalue weighted by Gasteiger charge is 2.07. The molecule has 4 nitrogen and oxygen atoms in total. The van der Waals surface area contributed by atoms with E-state index in [9.17, 15) is 4.79 Å². The summed E-state index contributed by atoms with van der Waals surface area (Å²) in [7, 11) is 0. The van der Waals surface area contributed by atoms with Crippen molar-refractivity contribution in [3.05, 3.63) is 18.0 Å². The SMILES string of the molecule is CC(C)NCCC(=O)Cc1ccn(C(C)C)n1. The number of rotatable bonds is 7. The maximum Gasteiger partial charge on any atom is 0.140 e. The molecule has 1 aromatic rings. The van der Waals surface area contributed by atoms with Crippen molar-refractivity contribution < 1.29 is 4.79 Å². The van der Waals surface area contributed by atoms with E-state index >= 15 is 0 Å². The van der Waals surface area contributed by atoms with Crippen LogP contribution in [0.15, 0.2) is 12.3 Å². The second kappa shape index (κ2) is 6.55. The lowest BCUT2D eigenvalue weighted by molar-refractivity contribution is -0.118. The molecule has 0 aliphatic carbocycles. The normalized spacial score (nSPS) is 11.4. The van der Waals surface area contributed by atoms with Crippen LogP contribution in [0.1, 0.15) is 45.9 Å². The number of Topliss-reactive ketones (excluding diaryl/α,β-unsaturated/α-hetero) is 1. The molecule has 0 aromatic carbocycles. The number of carbonyl (C=O) groups is 1. The molecule has 0 unspecified atom stereocenters. The monoisotopic (exact) mass is 237 g/mol. The molecule has 0 fully saturated rings. The van der Waals surface area contributed by atoms with Crippen molar-refractivity contribution in [3.8, 4) is 0 Å². The second-order valence-electron chi connectivity index (χ2n) is 4.96. The Bertz CT molecular complexity index is 355. The Morgan fingerprint density at radius 1 is 1.41 bits per heavy atom. The predicted molar refractivity (Wildman–Crippen MR) is 69.1 cm³/mol. The smallest absolute Gasteiger partial charge is 0.140 e. The molecule has 17 heavy (non-hydrogen) atoms. The summed E-state index contributed by atoms with van der Waals surface area (Å²) >= 11 is 0. The predicted octanol–water partition coefficient (Wildman–Crippen LogP) is 1.96. The Morgan fingerprint density at radius 3 is 2.65 bits per heavy atom. The van der Waals surface area contributed by atoms with Crippen molar-refractivity contribution >= 4 is 5.78 Å². The van der Waals surface area contributed by atoms with E-state index in [1.807, 2.05) is 16.9 Å². The van der Waals surface area contributed by atoms with Crippen LogP contribution < -0.4 is 5.32 Å². The lowest BCUT2D eigenvalue weighted by Crippen LogP contribution is -2.25. The molecule has 0 atom stereocenters. The molecule has 1 heterocycles. The molecule has 0 spiro atoms. The minimum Gasteiger partial charge on any atom is -0.314 e. The summed E-state index contributed by atoms with van der Waals surface area (Å²) < 4.78 is 1.88. The summed E-state index contributed by atoms with van der Waals surface area (Å²) in [5, 5.41) is 7.61. The van der Waals surface area contributed by atoms with Gasteiger partial charge in [0.15, 0.2) is 0 Å². The first kappa shape index (κ1) is 13.9. The van der Waals surface area contributed by atoms with Gasteiger partial charge < -0.3 is 5.32 Å². The number of carbonyl (C=O) groups excluding carboxylic acids is 1. The van der Waals surface area contributed by atoms with E-state index in [1.165, 1.54) is 0 Å². The van der Waals surface area contributed by atoms with Crippen LogP contribution in [0.2, 0.25) is 0 Å². The molecule has 96 valence electrons. The van der Waals surface area contributed by atoms with Crippen LogP contribution in [-0.4, -0.2) is 28.2 Å². The standard InChI is InChI=1S/C13H23N3O/c1-10(2)14-7-5-13(17)9-12-6-8-16(15-12)11(3)4/h6,8,10-11,14H,5,7,9H2,1-4H3. The zero-order valence-corrected chi connectivity index (χ0v) is 11.2. The van der Waals surface area contributed by atoms with Crippen LogP contribution in [0.5, 0.6) is 0 Å². The van der Waals surface area contributed by atoms with Crippen LogP contribution in [0, 0.1) is 0 Å². The maximum absolute atomic E-state index is 11.7. The van der Waals surface area contributed by atoms with Gasteiger partial charge in [0.2, 0.25) is 0 Å². The molecular formula is C13H23N3O. The summed E-state index contributed by atoms with van der Waals surface area (Å²) in [6.45, 7) is 9.06. The van der Waals surface area contributed by atoms with Gasteiger partial charge in [-0.25, -0.2) is 0 Å². The van der Waals surface area contributed by atoms with E-state index in [0.717, 1.165) is 12.2 Å². The highest BCUT2D eigenvalue weighted by atomic mass is 16.1. The summed E-state index contributed by atoms with van der Waals surface area (Å²) in [4.78, 5) is 11.7. The molecule has 4 heteroatoms. The Balaban J connectivity index is 2.34. The number of hydrogen-bond donors (Lipinski definition) is 1. The van der Waals surface area contributed by atoms with Crippen LogP contribution in [0.4, 0.5) is 0 Å². The van der Waals surface area contributed by atoms with Gasteiger partial charge in [0.1, 0.15) is 5.78 Å². The van der Waals surface area contributed by atoms with Gasteiger partial charge in [-0.2, -0.15) is 5.10 Å². The average molecular weight is 237 g/mol. The van der Waals surface area contributed by atoms with E-state index < -0.39 is 0 Å². The molecule has 0 radical (unpaired) electrons. The first-order valence-electron chi connectivity index (χ1n) is 6.28. The van der Waals surface area contributed by atoms with E-state index in [4.69, 9.17) is 0 Å². The zero-order valence-electron chi connectivity index (χ0n) is 11.2. The van der Waals surface area contributed by atoms with Gasteiger partial charge in [-0.1, -0.05) is 13.8 Å². The number of nitrogens with one attached hydrogen (secondary N) is 1. The molecule has 0 amide bonds. The van der Waals surface area contributed by atoms with Crippen LogP contribution in [0.25, 0.3) is 0 Å². The van der Waals surface area contributed by atoms with Crippen molar-refractivity contribution in [1.29, 1.82) is 0 Å². The van der Waals surface area contributed by atoms with E-state index in [0.29, 0.717) is 24.9 Å². The van der Waals surface area contributed by atoms with Crippen molar-refractivity contribution in [2.24, 2.45) is 0 Å². The largest absolute Gasteiger partial charge is 0.314 e. The minimum absolute atomic E-state index is 0.243. The Labute approximate surface area is 103 Å². The third-order valence-electron chi connectivity index (χ3n) is 2.53. The molecule has 1 aromatic heterocycles. The third kappa shape index (κ3) is 5.13. The summed E-state index contributed by atoms with van der Waals surface area (Å²) in [5.74, 6) is 0.243. The quantitative estimate of drug-likeness (QED) is 0.788. The second-order valence-corrected chi connectivity index (χ2v) is 4.96. The van der Waals surface area contributed by atoms with E-state index in [2.05, 4.69) is 38.1 Å². The van der Waals surface area contributed by atoms with Crippen LogP contribution in [0.3, 0.4) is 0 Å². The van der Waals surface area contributed by atoms with Gasteiger partial charge in [-0.05, 0) is 19.9 Å². The lowest BCUT2D eigenvalue weighted by atomic mass is 10.1. The Hall–Kier alpha value is -1.16. The van der Waals surface area contributed by atoms with Crippen molar-refractivity contribution in [1.82, 2.24) is 15.1 Å². The molecule has 0 aliphatic heterocycles. The molecule has 1 N–H and O–H groups in total. The number of hydrogen-bond acceptors (Lipinski definition) is 3. The Morgan fingerprint density at radius 2 is 2.12 bits per heavy atom. The first-order valence-corrected chi connectivity index (χ1v) is 6.28. The highest BCUT2D eigenvalue weighted by Crippen LogP contribution is 2.05. The Kier molecular flexibility index (Phi) is 5.35. The number of nitrogens with zero attached hydrogens (tertiary/aromatic N) is 2. The van der Waals surface area contributed by atoms with Crippen molar-refractivity contribution in [3.63, 3.8) is 0 Å². The first-order chi connectivity index (χ1) is 7.99. The third-order valence-corrected chi connectivity index (χ3v) is 2.53.